The summed E-state index contributed by atoms with van der Waals surface area (Å²) in [4.78, 5) is 11.3. The molecule has 1 aliphatic heterocycles. The quantitative estimate of drug-likeness (QED) is 0.884. The summed E-state index contributed by atoms with van der Waals surface area (Å²) in [5.41, 5.74) is 0.461. The Labute approximate surface area is 139 Å². The summed E-state index contributed by atoms with van der Waals surface area (Å²) in [5, 5.41) is 10.2. The first kappa shape index (κ1) is 16.4. The molecule has 1 amide bonds. The van der Waals surface area contributed by atoms with Crippen molar-refractivity contribution in [3.8, 4) is 0 Å². The van der Waals surface area contributed by atoms with Crippen molar-refractivity contribution >= 4 is 21.8 Å². The van der Waals surface area contributed by atoms with Crippen molar-refractivity contribution < 1.29 is 17.9 Å². The molecule has 1 saturated heterocycles. The average molecular weight is 351 g/mol. The lowest BCUT2D eigenvalue weighted by Gasteiger charge is -2.17. The molecule has 0 aliphatic carbocycles. The van der Waals surface area contributed by atoms with Crippen LogP contribution < -0.4 is 5.32 Å². The summed E-state index contributed by atoms with van der Waals surface area (Å²) in [6.07, 6.45) is 3.38. The number of methoxy groups -OCH3 is 1. The fourth-order valence-electron chi connectivity index (χ4n) is 2.59. The van der Waals surface area contributed by atoms with Crippen molar-refractivity contribution in [1.82, 2.24) is 19.3 Å². The summed E-state index contributed by atoms with van der Waals surface area (Å²) in [6.45, 7) is 0.781. The number of anilines is 1. The van der Waals surface area contributed by atoms with Crippen molar-refractivity contribution in [2.75, 3.05) is 25.5 Å². The zero-order valence-electron chi connectivity index (χ0n) is 13.0. The smallest absolute Gasteiger partial charge is 0.411 e. The van der Waals surface area contributed by atoms with Gasteiger partial charge in [0.1, 0.15) is 0 Å². The molecule has 1 aliphatic rings. The number of sulfonamides is 1. The minimum atomic E-state index is -3.59. The second-order valence-corrected chi connectivity index (χ2v) is 7.27. The summed E-state index contributed by atoms with van der Waals surface area (Å²) in [7, 11) is -2.33. The van der Waals surface area contributed by atoms with E-state index in [0.717, 1.165) is 0 Å². The van der Waals surface area contributed by atoms with Crippen molar-refractivity contribution in [3.63, 3.8) is 0 Å². The number of carbonyl (C=O) groups excluding carboxylic acids is 1. The van der Waals surface area contributed by atoms with E-state index in [-0.39, 0.29) is 10.9 Å². The molecule has 1 aromatic carbocycles. The molecule has 3 rings (SSSR count). The first-order valence-corrected chi connectivity index (χ1v) is 8.75. The number of aromatic nitrogens is 3. The predicted octanol–water partition coefficient (Wildman–Crippen LogP) is 1.09. The van der Waals surface area contributed by atoms with E-state index in [0.29, 0.717) is 25.2 Å². The first-order chi connectivity index (χ1) is 11.5. The minimum Gasteiger partial charge on any atom is -0.453 e. The Morgan fingerprint density at radius 2 is 2.08 bits per heavy atom. The van der Waals surface area contributed by atoms with Gasteiger partial charge in [-0.3, -0.25) is 5.32 Å². The van der Waals surface area contributed by atoms with Crippen molar-refractivity contribution in [2.45, 2.75) is 17.4 Å². The molecule has 0 radical (unpaired) electrons. The third kappa shape index (κ3) is 3.24. The fraction of sp³-hybridized carbons (Fsp3) is 0.357. The Morgan fingerprint density at radius 1 is 1.33 bits per heavy atom. The van der Waals surface area contributed by atoms with E-state index >= 15 is 0 Å². The number of carbonyl (C=O) groups is 1. The number of rotatable bonds is 4. The van der Waals surface area contributed by atoms with Crippen molar-refractivity contribution in [3.05, 3.63) is 36.7 Å². The van der Waals surface area contributed by atoms with E-state index in [1.54, 1.807) is 17.1 Å². The van der Waals surface area contributed by atoms with E-state index in [4.69, 9.17) is 0 Å². The number of nitrogens with one attached hydrogen (secondary N) is 1. The molecule has 1 atom stereocenters. The lowest BCUT2D eigenvalue weighted by Crippen LogP contribution is -2.29. The van der Waals surface area contributed by atoms with Crippen LogP contribution in [0, 0.1) is 0 Å². The molecule has 1 aromatic heterocycles. The monoisotopic (exact) mass is 351 g/mol. The predicted molar refractivity (Wildman–Crippen MR) is 84.9 cm³/mol. The fourth-order valence-corrected chi connectivity index (χ4v) is 4.08. The number of hydrogen-bond donors (Lipinski definition) is 1. The topological polar surface area (TPSA) is 106 Å². The number of amides is 1. The van der Waals surface area contributed by atoms with E-state index in [9.17, 15) is 13.2 Å². The van der Waals surface area contributed by atoms with Gasteiger partial charge in [0.05, 0.1) is 24.2 Å². The molecule has 0 spiro atoms. The van der Waals surface area contributed by atoms with Gasteiger partial charge in [-0.25, -0.2) is 17.9 Å². The van der Waals surface area contributed by atoms with Crippen LogP contribution >= 0.6 is 0 Å². The Kier molecular flexibility index (Phi) is 4.49. The Hall–Kier alpha value is -2.46. The van der Waals surface area contributed by atoms with Gasteiger partial charge in [-0.05, 0) is 30.7 Å². The van der Waals surface area contributed by atoms with Crippen LogP contribution in [0.3, 0.4) is 0 Å². The molecule has 0 saturated carbocycles. The average Bonchev–Trinajstić information content (AvgIpc) is 3.26. The molecule has 10 heteroatoms. The van der Waals surface area contributed by atoms with Crippen molar-refractivity contribution in [1.29, 1.82) is 0 Å². The zero-order chi connectivity index (χ0) is 17.2. The largest absolute Gasteiger partial charge is 0.453 e. The van der Waals surface area contributed by atoms with Gasteiger partial charge in [0.25, 0.3) is 0 Å². The van der Waals surface area contributed by atoms with Gasteiger partial charge in [0.2, 0.25) is 10.0 Å². The Bertz CT molecular complexity index is 804. The van der Waals surface area contributed by atoms with E-state index in [2.05, 4.69) is 20.4 Å². The van der Waals surface area contributed by atoms with Crippen LogP contribution in [0.5, 0.6) is 0 Å². The lowest BCUT2D eigenvalue weighted by molar-refractivity contribution is 0.187. The molecule has 128 valence electrons. The Balaban J connectivity index is 1.72. The molecule has 24 heavy (non-hydrogen) atoms. The second kappa shape index (κ2) is 6.57. The molecule has 9 nitrogen and oxygen atoms in total. The Morgan fingerprint density at radius 3 is 2.71 bits per heavy atom. The van der Waals surface area contributed by atoms with Crippen LogP contribution in [-0.4, -0.2) is 54.0 Å². The summed E-state index contributed by atoms with van der Waals surface area (Å²) >= 11 is 0. The highest BCUT2D eigenvalue weighted by molar-refractivity contribution is 7.89. The van der Waals surface area contributed by atoms with Gasteiger partial charge < -0.3 is 4.74 Å². The highest BCUT2D eigenvalue weighted by Gasteiger charge is 2.33. The summed E-state index contributed by atoms with van der Waals surface area (Å²) in [6, 6.07) is 5.96. The number of hydrogen-bond acceptors (Lipinski definition) is 6. The third-order valence-electron chi connectivity index (χ3n) is 3.87. The normalized spacial score (nSPS) is 18.5. The standard InChI is InChI=1S/C14H17N5O4S/c1-23-14(20)16-11-2-4-13(5-3-11)24(21,22)18-8-6-12(10-18)19-9-7-15-17-19/h2-5,7,9,12H,6,8,10H2,1H3,(H,16,20)/t12-/m0/s1. The van der Waals surface area contributed by atoms with Crippen LogP contribution in [0.25, 0.3) is 0 Å². The van der Waals surface area contributed by atoms with Gasteiger partial charge in [-0.1, -0.05) is 5.21 Å². The van der Waals surface area contributed by atoms with E-state index < -0.39 is 16.1 Å². The summed E-state index contributed by atoms with van der Waals surface area (Å²) in [5.74, 6) is 0. The summed E-state index contributed by atoms with van der Waals surface area (Å²) < 4.78 is 33.0. The van der Waals surface area contributed by atoms with Crippen LogP contribution in [-0.2, 0) is 14.8 Å². The maximum Gasteiger partial charge on any atom is 0.411 e. The maximum atomic E-state index is 12.7. The van der Waals surface area contributed by atoms with Gasteiger partial charge in [0, 0.05) is 25.0 Å². The van der Waals surface area contributed by atoms with Crippen LogP contribution in [0.2, 0.25) is 0 Å². The molecule has 0 unspecified atom stereocenters. The van der Waals surface area contributed by atoms with E-state index in [1.165, 1.54) is 35.7 Å². The van der Waals surface area contributed by atoms with Gasteiger partial charge in [-0.2, -0.15) is 4.31 Å². The molecule has 1 N–H and O–H groups in total. The molecular weight excluding hydrogens is 334 g/mol. The first-order valence-electron chi connectivity index (χ1n) is 7.31. The van der Waals surface area contributed by atoms with Gasteiger partial charge in [-0.15, -0.1) is 5.10 Å². The molecule has 1 fully saturated rings. The van der Waals surface area contributed by atoms with Gasteiger partial charge >= 0.3 is 6.09 Å². The lowest BCUT2D eigenvalue weighted by atomic mass is 10.3. The third-order valence-corrected chi connectivity index (χ3v) is 5.74. The van der Waals surface area contributed by atoms with Crippen LogP contribution in [0.4, 0.5) is 10.5 Å². The molecule has 2 aromatic rings. The molecular formula is C14H17N5O4S. The van der Waals surface area contributed by atoms with Crippen molar-refractivity contribution in [2.24, 2.45) is 0 Å². The zero-order valence-corrected chi connectivity index (χ0v) is 13.8. The number of nitrogens with zero attached hydrogens (tertiary/aromatic N) is 4. The maximum absolute atomic E-state index is 12.7. The molecule has 0 bridgehead atoms. The van der Waals surface area contributed by atoms with Gasteiger partial charge in [0.15, 0.2) is 0 Å². The van der Waals surface area contributed by atoms with Crippen LogP contribution in [0.15, 0.2) is 41.6 Å². The highest BCUT2D eigenvalue weighted by atomic mass is 32.2. The van der Waals surface area contributed by atoms with Crippen LogP contribution in [0.1, 0.15) is 12.5 Å². The second-order valence-electron chi connectivity index (χ2n) is 5.33. The number of ether oxygens (including phenoxy) is 1. The van der Waals surface area contributed by atoms with E-state index in [1.807, 2.05) is 0 Å². The highest BCUT2D eigenvalue weighted by Crippen LogP contribution is 2.27. The number of benzene rings is 1. The minimum absolute atomic E-state index is 0.0115. The molecule has 2 heterocycles. The SMILES string of the molecule is COC(=O)Nc1ccc(S(=O)(=O)N2CC[C@H](n3ccnn3)C2)cc1.